The lowest BCUT2D eigenvalue weighted by Gasteiger charge is -2.25. The summed E-state index contributed by atoms with van der Waals surface area (Å²) in [6.45, 7) is 1.42. The van der Waals surface area contributed by atoms with Crippen molar-refractivity contribution in [2.45, 2.75) is 19.4 Å². The van der Waals surface area contributed by atoms with Gasteiger partial charge in [0.1, 0.15) is 11.9 Å². The zero-order chi connectivity index (χ0) is 22.0. The second-order valence-electron chi connectivity index (χ2n) is 7.23. The van der Waals surface area contributed by atoms with Crippen molar-refractivity contribution < 1.29 is 23.5 Å². The molecule has 7 heteroatoms. The van der Waals surface area contributed by atoms with E-state index in [9.17, 15) is 18.8 Å². The Bertz CT molecular complexity index is 1160. The number of benzene rings is 3. The summed E-state index contributed by atoms with van der Waals surface area (Å²) in [5.41, 5.74) is 3.39. The van der Waals surface area contributed by atoms with Crippen LogP contribution >= 0.6 is 0 Å². The predicted molar refractivity (Wildman–Crippen MR) is 113 cm³/mol. The van der Waals surface area contributed by atoms with Crippen molar-refractivity contribution in [3.8, 4) is 0 Å². The lowest BCUT2D eigenvalue weighted by molar-refractivity contribution is -0.114. The Kier molecular flexibility index (Phi) is 5.49. The number of halogens is 1. The smallest absolute Gasteiger partial charge is 0.339 e. The lowest BCUT2D eigenvalue weighted by Crippen LogP contribution is -2.23. The molecule has 2 amide bonds. The topological polar surface area (TPSA) is 84.5 Å². The maximum absolute atomic E-state index is 13.2. The zero-order valence-electron chi connectivity index (χ0n) is 16.6. The van der Waals surface area contributed by atoms with Crippen molar-refractivity contribution in [2.24, 2.45) is 0 Å². The maximum atomic E-state index is 13.2. The number of nitrogens with one attached hydrogen (secondary N) is 2. The minimum atomic E-state index is -0.541. The molecule has 1 heterocycles. The fourth-order valence-corrected chi connectivity index (χ4v) is 3.44. The number of amides is 2. The Balaban J connectivity index is 1.51. The number of cyclic esters (lactones) is 1. The molecule has 0 spiro atoms. The number of anilines is 2. The summed E-state index contributed by atoms with van der Waals surface area (Å²) >= 11 is 0. The molecule has 1 aliphatic heterocycles. The monoisotopic (exact) mass is 418 g/mol. The number of rotatable bonds is 4. The number of ether oxygens (including phenoxy) is 1. The number of esters is 1. The lowest BCUT2D eigenvalue weighted by atomic mass is 9.93. The zero-order valence-corrected chi connectivity index (χ0v) is 16.6. The van der Waals surface area contributed by atoms with E-state index in [-0.39, 0.29) is 17.6 Å². The first-order chi connectivity index (χ1) is 14.9. The highest BCUT2D eigenvalue weighted by Gasteiger charge is 2.28. The third-order valence-electron chi connectivity index (χ3n) is 4.95. The SMILES string of the molecule is CC(=O)Nc1ccc(NC(=O)c2ccc3c(c2)C[C@@H](c2ccc(F)cc2)OC3=O)cc1. The summed E-state index contributed by atoms with van der Waals surface area (Å²) in [7, 11) is 0. The second-order valence-corrected chi connectivity index (χ2v) is 7.23. The Morgan fingerprint density at radius 3 is 2.23 bits per heavy atom. The van der Waals surface area contributed by atoms with Crippen molar-refractivity contribution in [3.63, 3.8) is 0 Å². The molecule has 0 fully saturated rings. The van der Waals surface area contributed by atoms with E-state index in [0.717, 1.165) is 0 Å². The van der Waals surface area contributed by atoms with Crippen molar-refractivity contribution in [2.75, 3.05) is 10.6 Å². The van der Waals surface area contributed by atoms with Crippen LogP contribution < -0.4 is 10.6 Å². The molecule has 0 aliphatic carbocycles. The number of hydrogen-bond donors (Lipinski definition) is 2. The molecule has 3 aromatic carbocycles. The summed E-state index contributed by atoms with van der Waals surface area (Å²) in [5, 5.41) is 5.46. The van der Waals surface area contributed by atoms with E-state index in [1.54, 1.807) is 54.6 Å². The summed E-state index contributed by atoms with van der Waals surface area (Å²) in [6.07, 6.45) is -0.153. The summed E-state index contributed by atoms with van der Waals surface area (Å²) in [6, 6.07) is 17.4. The molecule has 0 bridgehead atoms. The van der Waals surface area contributed by atoms with Crippen LogP contribution in [0.2, 0.25) is 0 Å². The highest BCUT2D eigenvalue weighted by atomic mass is 19.1. The first-order valence-corrected chi connectivity index (χ1v) is 9.67. The molecule has 0 saturated heterocycles. The van der Waals surface area contributed by atoms with Gasteiger partial charge in [0.25, 0.3) is 5.91 Å². The quantitative estimate of drug-likeness (QED) is 0.612. The van der Waals surface area contributed by atoms with Gasteiger partial charge in [0.15, 0.2) is 0 Å². The van der Waals surface area contributed by atoms with E-state index in [4.69, 9.17) is 4.74 Å². The largest absolute Gasteiger partial charge is 0.454 e. The van der Waals surface area contributed by atoms with Crippen molar-refractivity contribution in [1.82, 2.24) is 0 Å². The first-order valence-electron chi connectivity index (χ1n) is 9.67. The molecule has 1 aliphatic rings. The van der Waals surface area contributed by atoms with Crippen LogP contribution in [-0.4, -0.2) is 17.8 Å². The van der Waals surface area contributed by atoms with Gasteiger partial charge >= 0.3 is 5.97 Å². The molecule has 4 rings (SSSR count). The minimum absolute atomic E-state index is 0.177. The molecular weight excluding hydrogens is 399 g/mol. The maximum Gasteiger partial charge on any atom is 0.339 e. The second kappa shape index (κ2) is 8.39. The number of fused-ring (bicyclic) bond motifs is 1. The van der Waals surface area contributed by atoms with Gasteiger partial charge in [-0.15, -0.1) is 0 Å². The Morgan fingerprint density at radius 1 is 0.935 bits per heavy atom. The Hall–Kier alpha value is -4.00. The third kappa shape index (κ3) is 4.61. The van der Waals surface area contributed by atoms with Crippen molar-refractivity contribution in [3.05, 3.63) is 94.8 Å². The normalized spacial score (nSPS) is 14.9. The molecule has 0 radical (unpaired) electrons. The number of hydrogen-bond acceptors (Lipinski definition) is 4. The van der Waals surface area contributed by atoms with Crippen molar-refractivity contribution in [1.29, 1.82) is 0 Å². The van der Waals surface area contributed by atoms with Crippen molar-refractivity contribution >= 4 is 29.2 Å². The molecule has 31 heavy (non-hydrogen) atoms. The molecule has 0 aromatic heterocycles. The van der Waals surface area contributed by atoms with Gasteiger partial charge in [0, 0.05) is 30.3 Å². The fourth-order valence-electron chi connectivity index (χ4n) is 3.44. The number of carbonyl (C=O) groups excluding carboxylic acids is 3. The highest BCUT2D eigenvalue weighted by Crippen LogP contribution is 2.31. The fraction of sp³-hybridized carbons (Fsp3) is 0.125. The van der Waals surface area contributed by atoms with Gasteiger partial charge in [-0.1, -0.05) is 12.1 Å². The van der Waals surface area contributed by atoms with Crippen LogP contribution in [0.4, 0.5) is 15.8 Å². The molecule has 156 valence electrons. The van der Waals surface area contributed by atoms with Gasteiger partial charge in [-0.05, 0) is 65.7 Å². The van der Waals surface area contributed by atoms with Crippen LogP contribution in [0.1, 0.15) is 44.9 Å². The molecule has 6 nitrogen and oxygen atoms in total. The van der Waals surface area contributed by atoms with E-state index in [2.05, 4.69) is 10.6 Å². The van der Waals surface area contributed by atoms with E-state index in [1.165, 1.54) is 19.1 Å². The predicted octanol–water partition coefficient (Wildman–Crippen LogP) is 4.49. The van der Waals surface area contributed by atoms with E-state index >= 15 is 0 Å². The summed E-state index contributed by atoms with van der Waals surface area (Å²) in [4.78, 5) is 36.2. The third-order valence-corrected chi connectivity index (χ3v) is 4.95. The number of carbonyl (C=O) groups is 3. The molecule has 0 saturated carbocycles. The van der Waals surface area contributed by atoms with E-state index < -0.39 is 12.1 Å². The molecule has 1 atom stereocenters. The Labute approximate surface area is 178 Å². The molecule has 3 aromatic rings. The standard InChI is InChI=1S/C24H19FN2O4/c1-14(28)26-19-7-9-20(10-8-19)27-23(29)16-4-11-21-17(12-16)13-22(31-24(21)30)15-2-5-18(25)6-3-15/h2-12,22H,13H2,1H3,(H,26,28)(H,27,29)/t22-/m0/s1. The minimum Gasteiger partial charge on any atom is -0.454 e. The molecule has 2 N–H and O–H groups in total. The first kappa shape index (κ1) is 20.3. The molecule has 0 unspecified atom stereocenters. The average Bonchev–Trinajstić information content (AvgIpc) is 2.75. The summed E-state index contributed by atoms with van der Waals surface area (Å²) < 4.78 is 18.7. The van der Waals surface area contributed by atoms with Crippen LogP contribution in [-0.2, 0) is 16.0 Å². The van der Waals surface area contributed by atoms with Crippen LogP contribution in [0, 0.1) is 5.82 Å². The van der Waals surface area contributed by atoms with Crippen LogP contribution in [0.15, 0.2) is 66.7 Å². The van der Waals surface area contributed by atoms with Gasteiger partial charge in [0.05, 0.1) is 5.56 Å². The summed E-state index contributed by atoms with van der Waals surface area (Å²) in [5.74, 6) is -1.35. The van der Waals surface area contributed by atoms with Crippen LogP contribution in [0.25, 0.3) is 0 Å². The van der Waals surface area contributed by atoms with Crippen LogP contribution in [0.5, 0.6) is 0 Å². The van der Waals surface area contributed by atoms with Gasteiger partial charge in [-0.3, -0.25) is 9.59 Å². The van der Waals surface area contributed by atoms with Crippen LogP contribution in [0.3, 0.4) is 0 Å². The van der Waals surface area contributed by atoms with E-state index in [1.807, 2.05) is 0 Å². The van der Waals surface area contributed by atoms with Gasteiger partial charge < -0.3 is 15.4 Å². The average molecular weight is 418 g/mol. The van der Waals surface area contributed by atoms with Gasteiger partial charge in [-0.25, -0.2) is 9.18 Å². The van der Waals surface area contributed by atoms with Gasteiger partial charge in [0.2, 0.25) is 5.91 Å². The highest BCUT2D eigenvalue weighted by molar-refractivity contribution is 6.05. The van der Waals surface area contributed by atoms with E-state index in [0.29, 0.717) is 40.0 Å². The molecular formula is C24H19FN2O4. The van der Waals surface area contributed by atoms with Gasteiger partial charge in [-0.2, -0.15) is 0 Å². The Morgan fingerprint density at radius 2 is 1.58 bits per heavy atom.